The Bertz CT molecular complexity index is 334. The predicted octanol–water partition coefficient (Wildman–Crippen LogP) is 1.60. The Hall–Kier alpha value is -0.870. The molecule has 1 fully saturated rings. The number of nitrogens with zero attached hydrogens (tertiary/aromatic N) is 3. The van der Waals surface area contributed by atoms with Crippen LogP contribution in [0.25, 0.3) is 0 Å². The Morgan fingerprint density at radius 3 is 3.07 bits per heavy atom. The second-order valence-corrected chi connectivity index (χ2v) is 4.08. The summed E-state index contributed by atoms with van der Waals surface area (Å²) in [6.07, 6.45) is 4.40. The summed E-state index contributed by atoms with van der Waals surface area (Å²) in [5, 5.41) is 0.482. The number of rotatable bonds is 3. The van der Waals surface area contributed by atoms with Crippen LogP contribution in [0.1, 0.15) is 6.42 Å². The summed E-state index contributed by atoms with van der Waals surface area (Å²) < 4.78 is 5.14. The van der Waals surface area contributed by atoms with E-state index >= 15 is 0 Å². The maximum Gasteiger partial charge on any atom is 0.171 e. The molecule has 1 aliphatic heterocycles. The third kappa shape index (κ3) is 2.38. The van der Waals surface area contributed by atoms with Crippen LogP contribution in [0.4, 0.5) is 5.82 Å². The third-order valence-corrected chi connectivity index (χ3v) is 2.89. The lowest BCUT2D eigenvalue weighted by molar-refractivity contribution is 0.161. The second-order valence-electron chi connectivity index (χ2n) is 3.73. The molecule has 0 aromatic carbocycles. The first-order valence-electron chi connectivity index (χ1n) is 5.01. The number of aromatic nitrogens is 2. The van der Waals surface area contributed by atoms with Crippen LogP contribution in [0, 0.1) is 5.92 Å². The van der Waals surface area contributed by atoms with Crippen LogP contribution in [-0.4, -0.2) is 36.8 Å². The van der Waals surface area contributed by atoms with E-state index in [2.05, 4.69) is 14.9 Å². The van der Waals surface area contributed by atoms with Crippen molar-refractivity contribution in [1.82, 2.24) is 9.97 Å². The maximum absolute atomic E-state index is 5.98. The normalized spacial score (nSPS) is 20.9. The Balaban J connectivity index is 2.04. The molecule has 5 heteroatoms. The Labute approximate surface area is 94.2 Å². The fourth-order valence-electron chi connectivity index (χ4n) is 1.92. The van der Waals surface area contributed by atoms with Crippen molar-refractivity contribution < 1.29 is 4.74 Å². The van der Waals surface area contributed by atoms with E-state index in [0.717, 1.165) is 31.9 Å². The second kappa shape index (κ2) is 4.77. The minimum absolute atomic E-state index is 0.482. The van der Waals surface area contributed by atoms with E-state index < -0.39 is 0 Å². The number of halogens is 1. The molecule has 4 nitrogen and oxygen atoms in total. The number of anilines is 1. The molecule has 2 heterocycles. The molecule has 0 N–H and O–H groups in total. The summed E-state index contributed by atoms with van der Waals surface area (Å²) in [7, 11) is 1.73. The van der Waals surface area contributed by atoms with Gasteiger partial charge in [0, 0.05) is 38.5 Å². The fraction of sp³-hybridized carbons (Fsp3) is 0.600. The molecule has 1 atom stereocenters. The van der Waals surface area contributed by atoms with E-state index in [1.807, 2.05) is 0 Å². The van der Waals surface area contributed by atoms with E-state index in [4.69, 9.17) is 16.3 Å². The van der Waals surface area contributed by atoms with Gasteiger partial charge in [-0.25, -0.2) is 9.97 Å². The number of hydrogen-bond donors (Lipinski definition) is 0. The van der Waals surface area contributed by atoms with Gasteiger partial charge in [0.25, 0.3) is 0 Å². The molecule has 0 aliphatic carbocycles. The van der Waals surface area contributed by atoms with Crippen molar-refractivity contribution in [2.45, 2.75) is 6.42 Å². The van der Waals surface area contributed by atoms with Gasteiger partial charge in [0.15, 0.2) is 11.0 Å². The highest BCUT2D eigenvalue weighted by molar-refractivity contribution is 6.31. The lowest BCUT2D eigenvalue weighted by atomic mass is 10.1. The molecule has 15 heavy (non-hydrogen) atoms. The smallest absolute Gasteiger partial charge is 0.171 e. The number of hydrogen-bond acceptors (Lipinski definition) is 4. The molecular formula is C10H14ClN3O. The van der Waals surface area contributed by atoms with Crippen LogP contribution in [0.15, 0.2) is 12.4 Å². The molecule has 0 spiro atoms. The summed E-state index contributed by atoms with van der Waals surface area (Å²) in [4.78, 5) is 10.4. The van der Waals surface area contributed by atoms with E-state index in [1.54, 1.807) is 19.5 Å². The average Bonchev–Trinajstić information content (AvgIpc) is 2.68. The van der Waals surface area contributed by atoms with Crippen LogP contribution in [0.3, 0.4) is 0 Å². The zero-order valence-corrected chi connectivity index (χ0v) is 9.44. The summed E-state index contributed by atoms with van der Waals surface area (Å²) >= 11 is 5.98. The van der Waals surface area contributed by atoms with Gasteiger partial charge >= 0.3 is 0 Å². The molecule has 0 amide bonds. The monoisotopic (exact) mass is 227 g/mol. The quantitative estimate of drug-likeness (QED) is 0.786. The minimum atomic E-state index is 0.482. The van der Waals surface area contributed by atoms with Crippen LogP contribution < -0.4 is 4.90 Å². The SMILES string of the molecule is COCC1CCN(c2nccnc2Cl)C1. The molecule has 82 valence electrons. The van der Waals surface area contributed by atoms with Gasteiger partial charge in [0.2, 0.25) is 0 Å². The first kappa shape index (κ1) is 10.6. The van der Waals surface area contributed by atoms with Crippen LogP contribution in [0.5, 0.6) is 0 Å². The van der Waals surface area contributed by atoms with Gasteiger partial charge in [0.1, 0.15) is 0 Å². The zero-order valence-electron chi connectivity index (χ0n) is 8.69. The molecule has 1 aromatic rings. The third-order valence-electron chi connectivity index (χ3n) is 2.62. The predicted molar refractivity (Wildman–Crippen MR) is 59.2 cm³/mol. The van der Waals surface area contributed by atoms with Gasteiger partial charge in [-0.3, -0.25) is 0 Å². The topological polar surface area (TPSA) is 38.2 Å². The van der Waals surface area contributed by atoms with Crippen molar-refractivity contribution in [3.8, 4) is 0 Å². The van der Waals surface area contributed by atoms with Crippen LogP contribution in [-0.2, 0) is 4.74 Å². The first-order chi connectivity index (χ1) is 7.31. The van der Waals surface area contributed by atoms with Gasteiger partial charge in [-0.1, -0.05) is 11.6 Å². The van der Waals surface area contributed by atoms with Gasteiger partial charge in [0.05, 0.1) is 6.61 Å². The lowest BCUT2D eigenvalue weighted by Gasteiger charge is -2.17. The van der Waals surface area contributed by atoms with Crippen molar-refractivity contribution >= 4 is 17.4 Å². The highest BCUT2D eigenvalue weighted by atomic mass is 35.5. The summed E-state index contributed by atoms with van der Waals surface area (Å²) in [6.45, 7) is 2.73. The van der Waals surface area contributed by atoms with Crippen molar-refractivity contribution in [1.29, 1.82) is 0 Å². The zero-order chi connectivity index (χ0) is 10.7. The van der Waals surface area contributed by atoms with Crippen molar-refractivity contribution in [2.75, 3.05) is 31.7 Å². The number of methoxy groups -OCH3 is 1. The molecule has 1 saturated heterocycles. The molecule has 0 saturated carbocycles. The van der Waals surface area contributed by atoms with Crippen molar-refractivity contribution in [3.05, 3.63) is 17.5 Å². The van der Waals surface area contributed by atoms with Crippen molar-refractivity contribution in [2.24, 2.45) is 5.92 Å². The summed E-state index contributed by atoms with van der Waals surface area (Å²) in [5.41, 5.74) is 0. The largest absolute Gasteiger partial charge is 0.384 e. The van der Waals surface area contributed by atoms with E-state index in [0.29, 0.717) is 11.1 Å². The summed E-state index contributed by atoms with van der Waals surface area (Å²) in [5.74, 6) is 1.37. The minimum Gasteiger partial charge on any atom is -0.384 e. The van der Waals surface area contributed by atoms with Crippen LogP contribution in [0.2, 0.25) is 5.15 Å². The molecular weight excluding hydrogens is 214 g/mol. The molecule has 0 bridgehead atoms. The maximum atomic E-state index is 5.98. The number of ether oxygens (including phenoxy) is 1. The Morgan fingerprint density at radius 2 is 2.33 bits per heavy atom. The van der Waals surface area contributed by atoms with Gasteiger partial charge in [-0.15, -0.1) is 0 Å². The fourth-order valence-corrected chi connectivity index (χ4v) is 2.15. The lowest BCUT2D eigenvalue weighted by Crippen LogP contribution is -2.22. The van der Waals surface area contributed by atoms with Crippen molar-refractivity contribution in [3.63, 3.8) is 0 Å². The van der Waals surface area contributed by atoms with E-state index in [-0.39, 0.29) is 0 Å². The van der Waals surface area contributed by atoms with Gasteiger partial charge < -0.3 is 9.64 Å². The highest BCUT2D eigenvalue weighted by Gasteiger charge is 2.24. The highest BCUT2D eigenvalue weighted by Crippen LogP contribution is 2.26. The Morgan fingerprint density at radius 1 is 1.53 bits per heavy atom. The van der Waals surface area contributed by atoms with E-state index in [9.17, 15) is 0 Å². The molecule has 1 aromatic heterocycles. The van der Waals surface area contributed by atoms with Gasteiger partial charge in [-0.05, 0) is 6.42 Å². The molecule has 1 aliphatic rings. The van der Waals surface area contributed by atoms with Crippen LogP contribution >= 0.6 is 11.6 Å². The van der Waals surface area contributed by atoms with Gasteiger partial charge in [-0.2, -0.15) is 0 Å². The average molecular weight is 228 g/mol. The van der Waals surface area contributed by atoms with E-state index in [1.165, 1.54) is 0 Å². The standard InChI is InChI=1S/C10H14ClN3O/c1-15-7-8-2-5-14(6-8)10-9(11)12-3-4-13-10/h3-4,8H,2,5-7H2,1H3. The molecule has 1 unspecified atom stereocenters. The Kier molecular flexibility index (Phi) is 3.38. The summed E-state index contributed by atoms with van der Waals surface area (Å²) in [6, 6.07) is 0. The molecule has 0 radical (unpaired) electrons. The first-order valence-corrected chi connectivity index (χ1v) is 5.39. The molecule has 2 rings (SSSR count).